The van der Waals surface area contributed by atoms with Gasteiger partial charge in [0.15, 0.2) is 5.78 Å². The van der Waals surface area contributed by atoms with Gasteiger partial charge in [-0.05, 0) is 37.7 Å². The van der Waals surface area contributed by atoms with Crippen molar-refractivity contribution in [3.63, 3.8) is 0 Å². The Labute approximate surface area is 95.9 Å². The molecule has 0 saturated carbocycles. The number of benzene rings is 1. The normalized spacial score (nSPS) is 12.4. The molecule has 0 aromatic heterocycles. The van der Waals surface area contributed by atoms with Crippen molar-refractivity contribution in [2.75, 3.05) is 7.05 Å². The van der Waals surface area contributed by atoms with Crippen molar-refractivity contribution in [1.82, 2.24) is 5.32 Å². The summed E-state index contributed by atoms with van der Waals surface area (Å²) < 4.78 is 12.7. The van der Waals surface area contributed by atoms with E-state index in [0.29, 0.717) is 5.56 Å². The molecule has 1 aromatic carbocycles. The lowest BCUT2D eigenvalue weighted by atomic mass is 10.00. The molecule has 0 bridgehead atoms. The van der Waals surface area contributed by atoms with Gasteiger partial charge < -0.3 is 5.32 Å². The summed E-state index contributed by atoms with van der Waals surface area (Å²) in [6, 6.07) is 5.55. The summed E-state index contributed by atoms with van der Waals surface area (Å²) in [5, 5.41) is 3.01. The van der Waals surface area contributed by atoms with Crippen LogP contribution < -0.4 is 5.32 Å². The van der Waals surface area contributed by atoms with Gasteiger partial charge in [0.2, 0.25) is 0 Å². The van der Waals surface area contributed by atoms with E-state index in [4.69, 9.17) is 0 Å². The molecule has 1 N–H and O–H groups in total. The van der Waals surface area contributed by atoms with Crippen molar-refractivity contribution >= 4 is 5.78 Å². The molecule has 0 aliphatic carbocycles. The molecule has 16 heavy (non-hydrogen) atoms. The Balaban J connectivity index is 2.70. The van der Waals surface area contributed by atoms with E-state index in [9.17, 15) is 9.18 Å². The fourth-order valence-electron chi connectivity index (χ4n) is 1.63. The molecule has 1 unspecified atom stereocenters. The maximum Gasteiger partial charge on any atom is 0.179 e. The van der Waals surface area contributed by atoms with Crippen LogP contribution in [0.1, 0.15) is 36.5 Å². The van der Waals surface area contributed by atoms with Gasteiger partial charge in [0.1, 0.15) is 5.82 Å². The van der Waals surface area contributed by atoms with Crippen LogP contribution in [0.5, 0.6) is 0 Å². The van der Waals surface area contributed by atoms with Crippen LogP contribution >= 0.6 is 0 Å². The average molecular weight is 223 g/mol. The predicted molar refractivity (Wildman–Crippen MR) is 63.1 cm³/mol. The molecular weight excluding hydrogens is 205 g/mol. The average Bonchev–Trinajstić information content (AvgIpc) is 2.30. The SMILES string of the molecule is CCCCC(NC)C(=O)c1ccc(F)cc1. The molecule has 0 fully saturated rings. The third kappa shape index (κ3) is 3.42. The summed E-state index contributed by atoms with van der Waals surface area (Å²) in [4.78, 5) is 12.0. The first-order chi connectivity index (χ1) is 7.69. The van der Waals surface area contributed by atoms with Crippen molar-refractivity contribution in [2.45, 2.75) is 32.2 Å². The minimum Gasteiger partial charge on any atom is -0.310 e. The molecule has 0 spiro atoms. The van der Waals surface area contributed by atoms with Crippen LogP contribution in [0.3, 0.4) is 0 Å². The topological polar surface area (TPSA) is 29.1 Å². The lowest BCUT2D eigenvalue weighted by Gasteiger charge is -2.14. The van der Waals surface area contributed by atoms with E-state index in [1.54, 1.807) is 7.05 Å². The summed E-state index contributed by atoms with van der Waals surface area (Å²) >= 11 is 0. The van der Waals surface area contributed by atoms with E-state index in [-0.39, 0.29) is 17.6 Å². The molecule has 0 aliphatic rings. The van der Waals surface area contributed by atoms with Crippen LogP contribution in [0.4, 0.5) is 4.39 Å². The van der Waals surface area contributed by atoms with E-state index >= 15 is 0 Å². The predicted octanol–water partition coefficient (Wildman–Crippen LogP) is 2.79. The number of carbonyl (C=O) groups is 1. The maximum atomic E-state index is 12.7. The van der Waals surface area contributed by atoms with Gasteiger partial charge in [-0.2, -0.15) is 0 Å². The van der Waals surface area contributed by atoms with Gasteiger partial charge in [0.05, 0.1) is 6.04 Å². The summed E-state index contributed by atoms with van der Waals surface area (Å²) in [6.07, 6.45) is 2.90. The first-order valence-electron chi connectivity index (χ1n) is 5.66. The lowest BCUT2D eigenvalue weighted by molar-refractivity contribution is 0.0941. The maximum absolute atomic E-state index is 12.7. The second-order valence-electron chi connectivity index (χ2n) is 3.85. The number of ketones is 1. The van der Waals surface area contributed by atoms with Crippen LogP contribution in [0.2, 0.25) is 0 Å². The van der Waals surface area contributed by atoms with Crippen LogP contribution in [-0.2, 0) is 0 Å². The number of hydrogen-bond donors (Lipinski definition) is 1. The van der Waals surface area contributed by atoms with E-state index in [0.717, 1.165) is 19.3 Å². The number of rotatable bonds is 6. The van der Waals surface area contributed by atoms with Gasteiger partial charge in [0, 0.05) is 5.56 Å². The monoisotopic (exact) mass is 223 g/mol. The number of halogens is 1. The van der Waals surface area contributed by atoms with Crippen molar-refractivity contribution < 1.29 is 9.18 Å². The Bertz CT molecular complexity index is 334. The Morgan fingerprint density at radius 2 is 2.00 bits per heavy atom. The molecule has 88 valence electrons. The second-order valence-corrected chi connectivity index (χ2v) is 3.85. The first kappa shape index (κ1) is 12.8. The highest BCUT2D eigenvalue weighted by atomic mass is 19.1. The molecule has 0 aliphatic heterocycles. The van der Waals surface area contributed by atoms with E-state index < -0.39 is 0 Å². The zero-order valence-corrected chi connectivity index (χ0v) is 9.79. The van der Waals surface area contributed by atoms with Crippen molar-refractivity contribution in [3.8, 4) is 0 Å². The molecule has 0 saturated heterocycles. The molecule has 3 heteroatoms. The van der Waals surface area contributed by atoms with Crippen LogP contribution in [0.25, 0.3) is 0 Å². The number of unbranched alkanes of at least 4 members (excludes halogenated alkanes) is 1. The number of hydrogen-bond acceptors (Lipinski definition) is 2. The van der Waals surface area contributed by atoms with Crippen molar-refractivity contribution in [1.29, 1.82) is 0 Å². The Morgan fingerprint density at radius 3 is 2.50 bits per heavy atom. The zero-order valence-electron chi connectivity index (χ0n) is 9.79. The number of Topliss-reactive ketones (excluding diaryl/α,β-unsaturated/α-hetero) is 1. The minimum absolute atomic E-state index is 0.0379. The van der Waals surface area contributed by atoms with Gasteiger partial charge >= 0.3 is 0 Å². The molecule has 1 atom stereocenters. The van der Waals surface area contributed by atoms with Crippen LogP contribution in [0.15, 0.2) is 24.3 Å². The molecule has 0 radical (unpaired) electrons. The second kappa shape index (κ2) is 6.38. The van der Waals surface area contributed by atoms with Gasteiger partial charge in [-0.15, -0.1) is 0 Å². The first-order valence-corrected chi connectivity index (χ1v) is 5.66. The molecule has 2 nitrogen and oxygen atoms in total. The highest BCUT2D eigenvalue weighted by molar-refractivity contribution is 6.00. The molecule has 0 heterocycles. The summed E-state index contributed by atoms with van der Waals surface area (Å²) in [7, 11) is 1.78. The smallest absolute Gasteiger partial charge is 0.179 e. The molecule has 0 amide bonds. The van der Waals surface area contributed by atoms with Crippen LogP contribution in [0, 0.1) is 5.82 Å². The Kier molecular flexibility index (Phi) is 5.12. The van der Waals surface area contributed by atoms with E-state index in [1.807, 2.05) is 0 Å². The highest BCUT2D eigenvalue weighted by Gasteiger charge is 2.17. The lowest BCUT2D eigenvalue weighted by Crippen LogP contribution is -2.34. The number of likely N-dealkylation sites (N-methyl/N-ethyl adjacent to an activating group) is 1. The van der Waals surface area contributed by atoms with Gasteiger partial charge in [-0.25, -0.2) is 4.39 Å². The third-order valence-corrected chi connectivity index (χ3v) is 2.64. The molecular formula is C13H18FNO. The number of carbonyl (C=O) groups excluding carboxylic acids is 1. The minimum atomic E-state index is -0.314. The van der Waals surface area contributed by atoms with E-state index in [1.165, 1.54) is 24.3 Å². The van der Waals surface area contributed by atoms with Crippen LogP contribution in [-0.4, -0.2) is 18.9 Å². The van der Waals surface area contributed by atoms with Gasteiger partial charge in [-0.3, -0.25) is 4.79 Å². The fourth-order valence-corrected chi connectivity index (χ4v) is 1.63. The van der Waals surface area contributed by atoms with Gasteiger partial charge in [-0.1, -0.05) is 19.8 Å². The molecule has 1 aromatic rings. The van der Waals surface area contributed by atoms with Gasteiger partial charge in [0.25, 0.3) is 0 Å². The van der Waals surface area contributed by atoms with E-state index in [2.05, 4.69) is 12.2 Å². The summed E-state index contributed by atoms with van der Waals surface area (Å²) in [5.41, 5.74) is 0.567. The highest BCUT2D eigenvalue weighted by Crippen LogP contribution is 2.10. The van der Waals surface area contributed by atoms with Crippen molar-refractivity contribution in [3.05, 3.63) is 35.6 Å². The zero-order chi connectivity index (χ0) is 12.0. The summed E-state index contributed by atoms with van der Waals surface area (Å²) in [6.45, 7) is 2.09. The number of nitrogens with one attached hydrogen (secondary N) is 1. The quantitative estimate of drug-likeness (QED) is 0.751. The Hall–Kier alpha value is -1.22. The molecule has 1 rings (SSSR count). The standard InChI is InChI=1S/C13H18FNO/c1-3-4-5-12(15-2)13(16)10-6-8-11(14)9-7-10/h6-9,12,15H,3-5H2,1-2H3. The largest absolute Gasteiger partial charge is 0.310 e. The Morgan fingerprint density at radius 1 is 1.38 bits per heavy atom. The third-order valence-electron chi connectivity index (χ3n) is 2.64. The summed E-state index contributed by atoms with van der Waals surface area (Å²) in [5.74, 6) is -0.276. The fraction of sp³-hybridized carbons (Fsp3) is 0.462. The van der Waals surface area contributed by atoms with Crippen molar-refractivity contribution in [2.24, 2.45) is 0 Å².